The van der Waals surface area contributed by atoms with Crippen molar-refractivity contribution in [3.8, 4) is 5.75 Å². The molecule has 23 heavy (non-hydrogen) atoms. The van der Waals surface area contributed by atoms with E-state index in [0.29, 0.717) is 18.7 Å². The van der Waals surface area contributed by atoms with Gasteiger partial charge in [-0.1, -0.05) is 24.3 Å². The van der Waals surface area contributed by atoms with Crippen molar-refractivity contribution in [2.24, 2.45) is 0 Å². The molecule has 1 amide bonds. The van der Waals surface area contributed by atoms with E-state index in [0.717, 1.165) is 24.3 Å². The summed E-state index contributed by atoms with van der Waals surface area (Å²) < 4.78 is 18.3. The number of carbonyl (C=O) groups is 1. The quantitative estimate of drug-likeness (QED) is 0.736. The number of hydrogen-bond acceptors (Lipinski definition) is 3. The molecule has 0 fully saturated rings. The van der Waals surface area contributed by atoms with E-state index in [1.54, 1.807) is 19.2 Å². The first kappa shape index (κ1) is 17.0. The molecule has 0 heterocycles. The van der Waals surface area contributed by atoms with E-state index in [4.69, 9.17) is 4.74 Å². The second-order valence-electron chi connectivity index (χ2n) is 5.12. The first-order valence-corrected chi connectivity index (χ1v) is 7.57. The number of anilines is 1. The Labute approximate surface area is 135 Å². The molecule has 0 atom stereocenters. The first-order valence-electron chi connectivity index (χ1n) is 7.57. The topological polar surface area (TPSA) is 50.4 Å². The number of methoxy groups -OCH3 is 1. The molecule has 0 aliphatic heterocycles. The van der Waals surface area contributed by atoms with Gasteiger partial charge >= 0.3 is 0 Å². The van der Waals surface area contributed by atoms with Crippen LogP contribution < -0.4 is 15.4 Å². The lowest BCUT2D eigenvalue weighted by Gasteiger charge is -2.09. The van der Waals surface area contributed by atoms with Crippen LogP contribution in [-0.2, 0) is 11.2 Å². The fraction of sp³-hybridized carbons (Fsp3) is 0.278. The number of para-hydroxylation sites is 1. The van der Waals surface area contributed by atoms with E-state index in [-0.39, 0.29) is 11.7 Å². The molecule has 0 radical (unpaired) electrons. The summed E-state index contributed by atoms with van der Waals surface area (Å²) in [5.41, 5.74) is 1.61. The van der Waals surface area contributed by atoms with Crippen molar-refractivity contribution < 1.29 is 13.9 Å². The van der Waals surface area contributed by atoms with Gasteiger partial charge in [-0.15, -0.1) is 0 Å². The highest BCUT2D eigenvalue weighted by Gasteiger charge is 2.04. The normalized spacial score (nSPS) is 10.3. The van der Waals surface area contributed by atoms with Crippen LogP contribution in [0.4, 0.5) is 10.1 Å². The van der Waals surface area contributed by atoms with Gasteiger partial charge in [0.1, 0.15) is 11.6 Å². The van der Waals surface area contributed by atoms with Crippen molar-refractivity contribution in [3.05, 3.63) is 59.9 Å². The van der Waals surface area contributed by atoms with Gasteiger partial charge in [0.25, 0.3) is 0 Å². The molecule has 2 N–H and O–H groups in total. The second-order valence-corrected chi connectivity index (χ2v) is 5.12. The van der Waals surface area contributed by atoms with E-state index in [1.165, 1.54) is 12.1 Å². The van der Waals surface area contributed by atoms with Crippen LogP contribution in [0.1, 0.15) is 12.0 Å². The van der Waals surface area contributed by atoms with Gasteiger partial charge in [-0.05, 0) is 42.8 Å². The monoisotopic (exact) mass is 316 g/mol. The van der Waals surface area contributed by atoms with Crippen LogP contribution in [0, 0.1) is 5.82 Å². The third kappa shape index (κ3) is 5.71. The van der Waals surface area contributed by atoms with Crippen LogP contribution in [0.5, 0.6) is 5.75 Å². The van der Waals surface area contributed by atoms with Crippen molar-refractivity contribution in [3.63, 3.8) is 0 Å². The minimum absolute atomic E-state index is 0.139. The fourth-order valence-corrected chi connectivity index (χ4v) is 2.25. The molecule has 0 unspecified atom stereocenters. The first-order chi connectivity index (χ1) is 11.2. The smallest absolute Gasteiger partial charge is 0.225 e. The molecule has 2 aromatic carbocycles. The van der Waals surface area contributed by atoms with Crippen LogP contribution >= 0.6 is 0 Å². The minimum Gasteiger partial charge on any atom is -0.496 e. The predicted octanol–water partition coefficient (Wildman–Crippen LogP) is 3.00. The summed E-state index contributed by atoms with van der Waals surface area (Å²) in [6.45, 7) is 1.32. The fourth-order valence-electron chi connectivity index (χ4n) is 2.25. The molecule has 0 saturated heterocycles. The van der Waals surface area contributed by atoms with E-state index in [9.17, 15) is 9.18 Å². The summed E-state index contributed by atoms with van der Waals surface area (Å²) in [6.07, 6.45) is 1.16. The highest BCUT2D eigenvalue weighted by Crippen LogP contribution is 2.17. The van der Waals surface area contributed by atoms with Gasteiger partial charge in [0.15, 0.2) is 0 Å². The third-order valence-electron chi connectivity index (χ3n) is 3.40. The number of benzene rings is 2. The Balaban J connectivity index is 1.66. The Kier molecular flexibility index (Phi) is 6.56. The van der Waals surface area contributed by atoms with E-state index >= 15 is 0 Å². The maximum Gasteiger partial charge on any atom is 0.225 e. The van der Waals surface area contributed by atoms with Crippen LogP contribution in [0.25, 0.3) is 0 Å². The molecule has 0 bridgehead atoms. The van der Waals surface area contributed by atoms with Gasteiger partial charge in [-0.25, -0.2) is 4.39 Å². The molecule has 0 saturated carbocycles. The standard InChI is InChI=1S/C18H21FN2O2/c1-23-17-8-3-2-5-14(17)9-11-20-12-10-18(22)21-16-7-4-6-15(19)13-16/h2-8,13,20H,9-12H2,1H3,(H,21,22). The number of carbonyl (C=O) groups excluding carboxylic acids is 1. The zero-order chi connectivity index (χ0) is 16.5. The number of nitrogens with one attached hydrogen (secondary N) is 2. The van der Waals surface area contributed by atoms with E-state index < -0.39 is 0 Å². The lowest BCUT2D eigenvalue weighted by Crippen LogP contribution is -2.23. The van der Waals surface area contributed by atoms with Crippen LogP contribution in [0.3, 0.4) is 0 Å². The van der Waals surface area contributed by atoms with Crippen molar-refractivity contribution >= 4 is 11.6 Å². The Morgan fingerprint density at radius 1 is 1.13 bits per heavy atom. The second kappa shape index (κ2) is 8.90. The maximum atomic E-state index is 13.0. The largest absolute Gasteiger partial charge is 0.496 e. The summed E-state index contributed by atoms with van der Waals surface area (Å²) in [7, 11) is 1.66. The van der Waals surface area contributed by atoms with Crippen molar-refractivity contribution in [2.75, 3.05) is 25.5 Å². The Hall–Kier alpha value is -2.40. The van der Waals surface area contributed by atoms with Gasteiger partial charge in [-0.3, -0.25) is 4.79 Å². The summed E-state index contributed by atoms with van der Waals surface area (Å²) in [6, 6.07) is 13.7. The van der Waals surface area contributed by atoms with Gasteiger partial charge in [0.05, 0.1) is 7.11 Å². The Morgan fingerprint density at radius 3 is 2.74 bits per heavy atom. The Morgan fingerprint density at radius 2 is 1.96 bits per heavy atom. The molecule has 5 heteroatoms. The van der Waals surface area contributed by atoms with Crippen LogP contribution in [0.15, 0.2) is 48.5 Å². The summed E-state index contributed by atoms with van der Waals surface area (Å²) in [4.78, 5) is 11.8. The molecule has 0 aliphatic carbocycles. The third-order valence-corrected chi connectivity index (χ3v) is 3.40. The van der Waals surface area contributed by atoms with Gasteiger partial charge < -0.3 is 15.4 Å². The molecule has 0 aliphatic rings. The predicted molar refractivity (Wildman–Crippen MR) is 89.2 cm³/mol. The van der Waals surface area contributed by atoms with E-state index in [2.05, 4.69) is 10.6 Å². The van der Waals surface area contributed by atoms with Crippen LogP contribution in [0.2, 0.25) is 0 Å². The average Bonchev–Trinajstić information content (AvgIpc) is 2.55. The SMILES string of the molecule is COc1ccccc1CCNCCC(=O)Nc1cccc(F)c1. The van der Waals surface area contributed by atoms with E-state index in [1.807, 2.05) is 24.3 Å². The number of amides is 1. The molecule has 2 rings (SSSR count). The number of ether oxygens (including phenoxy) is 1. The number of rotatable bonds is 8. The van der Waals surface area contributed by atoms with Crippen molar-refractivity contribution in [1.29, 1.82) is 0 Å². The van der Waals surface area contributed by atoms with Crippen LogP contribution in [-0.4, -0.2) is 26.1 Å². The number of hydrogen-bond donors (Lipinski definition) is 2. The zero-order valence-corrected chi connectivity index (χ0v) is 13.1. The maximum absolute atomic E-state index is 13.0. The minimum atomic E-state index is -0.363. The summed E-state index contributed by atoms with van der Waals surface area (Å²) >= 11 is 0. The highest BCUT2D eigenvalue weighted by atomic mass is 19.1. The van der Waals surface area contributed by atoms with Gasteiger partial charge in [0, 0.05) is 18.7 Å². The number of halogens is 1. The average molecular weight is 316 g/mol. The molecular weight excluding hydrogens is 295 g/mol. The molecule has 4 nitrogen and oxygen atoms in total. The lowest BCUT2D eigenvalue weighted by molar-refractivity contribution is -0.116. The summed E-state index contributed by atoms with van der Waals surface area (Å²) in [5.74, 6) is 0.372. The molecule has 0 spiro atoms. The molecule has 2 aromatic rings. The van der Waals surface area contributed by atoms with Crippen molar-refractivity contribution in [2.45, 2.75) is 12.8 Å². The van der Waals surface area contributed by atoms with Gasteiger partial charge in [0.2, 0.25) is 5.91 Å². The molecule has 0 aromatic heterocycles. The summed E-state index contributed by atoms with van der Waals surface area (Å²) in [5, 5.41) is 5.89. The van der Waals surface area contributed by atoms with Gasteiger partial charge in [-0.2, -0.15) is 0 Å². The molecule has 122 valence electrons. The highest BCUT2D eigenvalue weighted by molar-refractivity contribution is 5.90. The van der Waals surface area contributed by atoms with Crippen molar-refractivity contribution in [1.82, 2.24) is 5.32 Å². The lowest BCUT2D eigenvalue weighted by atomic mass is 10.1. The zero-order valence-electron chi connectivity index (χ0n) is 13.1. The molecular formula is C18H21FN2O2. The Bertz CT molecular complexity index is 646.